The van der Waals surface area contributed by atoms with Crippen LogP contribution in [0.4, 0.5) is 0 Å². The first-order valence-electron chi connectivity index (χ1n) is 5.43. The number of furan rings is 1. The molecule has 0 saturated carbocycles. The molecule has 1 atom stereocenters. The van der Waals surface area contributed by atoms with Crippen molar-refractivity contribution in [2.75, 3.05) is 6.61 Å². The molecular formula is C12H22O2. The molecule has 0 aromatic carbocycles. The van der Waals surface area contributed by atoms with Gasteiger partial charge >= 0.3 is 0 Å². The molecule has 0 bridgehead atoms. The molecule has 2 nitrogen and oxygen atoms in total. The third-order valence-electron chi connectivity index (χ3n) is 2.23. The van der Waals surface area contributed by atoms with Gasteiger partial charge in [0.05, 0.1) is 12.5 Å². The van der Waals surface area contributed by atoms with Crippen LogP contribution < -0.4 is 0 Å². The Bertz CT molecular complexity index is 149. The number of aliphatic hydroxyl groups excluding tert-OH is 1. The Hall–Kier alpha value is -0.760. The zero-order chi connectivity index (χ0) is 10.6. The molecule has 0 saturated heterocycles. The second-order valence-electron chi connectivity index (χ2n) is 3.39. The monoisotopic (exact) mass is 198 g/mol. The van der Waals surface area contributed by atoms with Crippen LogP contribution in [0.5, 0.6) is 0 Å². The van der Waals surface area contributed by atoms with Crippen molar-refractivity contribution in [2.45, 2.75) is 39.5 Å². The second-order valence-corrected chi connectivity index (χ2v) is 3.39. The summed E-state index contributed by atoms with van der Waals surface area (Å²) in [5.41, 5.74) is 0. The average Bonchev–Trinajstić information content (AvgIpc) is 2.78. The molecule has 0 aliphatic heterocycles. The van der Waals surface area contributed by atoms with Gasteiger partial charge in [0.25, 0.3) is 0 Å². The molecule has 82 valence electrons. The Labute approximate surface area is 86.9 Å². The smallest absolute Gasteiger partial charge is 0.0902 e. The third-order valence-corrected chi connectivity index (χ3v) is 2.23. The second kappa shape index (κ2) is 10.3. The van der Waals surface area contributed by atoms with Crippen molar-refractivity contribution in [3.8, 4) is 0 Å². The molecule has 2 heteroatoms. The first kappa shape index (κ1) is 13.2. The average molecular weight is 198 g/mol. The van der Waals surface area contributed by atoms with E-state index in [0.717, 1.165) is 6.42 Å². The molecule has 14 heavy (non-hydrogen) atoms. The van der Waals surface area contributed by atoms with Crippen LogP contribution in [0.25, 0.3) is 0 Å². The molecule has 0 radical (unpaired) electrons. The van der Waals surface area contributed by atoms with Gasteiger partial charge in [-0.2, -0.15) is 0 Å². The highest BCUT2D eigenvalue weighted by molar-refractivity contribution is 4.79. The first-order chi connectivity index (χ1) is 6.85. The van der Waals surface area contributed by atoms with E-state index in [-0.39, 0.29) is 0 Å². The van der Waals surface area contributed by atoms with Gasteiger partial charge in [0.1, 0.15) is 0 Å². The summed E-state index contributed by atoms with van der Waals surface area (Å²) in [7, 11) is 0. The number of hydrogen-bond acceptors (Lipinski definition) is 2. The normalized spacial score (nSPS) is 11.6. The minimum atomic E-state index is 0.372. The Morgan fingerprint density at radius 2 is 1.86 bits per heavy atom. The van der Waals surface area contributed by atoms with E-state index in [1.165, 1.54) is 19.3 Å². The van der Waals surface area contributed by atoms with Crippen molar-refractivity contribution >= 4 is 0 Å². The van der Waals surface area contributed by atoms with Crippen LogP contribution in [-0.2, 0) is 0 Å². The van der Waals surface area contributed by atoms with E-state index in [9.17, 15) is 0 Å². The maximum atomic E-state index is 8.75. The summed E-state index contributed by atoms with van der Waals surface area (Å²) in [6.45, 7) is 4.69. The van der Waals surface area contributed by atoms with Crippen molar-refractivity contribution in [3.63, 3.8) is 0 Å². The zero-order valence-corrected chi connectivity index (χ0v) is 9.28. The van der Waals surface area contributed by atoms with Gasteiger partial charge in [0.15, 0.2) is 0 Å². The lowest BCUT2D eigenvalue weighted by Gasteiger charge is -2.08. The minimum Gasteiger partial charge on any atom is -0.473 e. The van der Waals surface area contributed by atoms with Crippen LogP contribution >= 0.6 is 0 Å². The van der Waals surface area contributed by atoms with E-state index in [1.54, 1.807) is 12.5 Å². The zero-order valence-electron chi connectivity index (χ0n) is 9.28. The number of aliphatic hydroxyl groups is 1. The molecule has 1 rings (SSSR count). The van der Waals surface area contributed by atoms with Crippen molar-refractivity contribution in [2.24, 2.45) is 5.92 Å². The maximum Gasteiger partial charge on any atom is 0.0902 e. The summed E-state index contributed by atoms with van der Waals surface area (Å²) in [6.07, 6.45) is 8.08. The van der Waals surface area contributed by atoms with Gasteiger partial charge in [-0.1, -0.05) is 33.1 Å². The first-order valence-corrected chi connectivity index (χ1v) is 5.43. The predicted molar refractivity (Wildman–Crippen MR) is 59.1 cm³/mol. The fourth-order valence-electron chi connectivity index (χ4n) is 1.14. The van der Waals surface area contributed by atoms with E-state index in [2.05, 4.69) is 18.3 Å². The number of unbranched alkanes of at least 4 members (excludes halogenated alkanes) is 1. The fourth-order valence-corrected chi connectivity index (χ4v) is 1.14. The molecule has 1 aromatic rings. The fraction of sp³-hybridized carbons (Fsp3) is 0.667. The van der Waals surface area contributed by atoms with Gasteiger partial charge in [-0.3, -0.25) is 0 Å². The topological polar surface area (TPSA) is 33.4 Å². The molecule has 0 amide bonds. The minimum absolute atomic E-state index is 0.372. The molecule has 1 N–H and O–H groups in total. The van der Waals surface area contributed by atoms with Crippen LogP contribution in [0.2, 0.25) is 0 Å². The lowest BCUT2D eigenvalue weighted by molar-refractivity contribution is 0.212. The Balaban J connectivity index is 0.000000280. The predicted octanol–water partition coefficient (Wildman–Crippen LogP) is 3.47. The molecule has 1 unspecified atom stereocenters. The molecule has 0 aliphatic carbocycles. The van der Waals surface area contributed by atoms with Gasteiger partial charge in [-0.05, 0) is 24.5 Å². The molecule has 0 spiro atoms. The number of rotatable bonds is 5. The summed E-state index contributed by atoms with van der Waals surface area (Å²) in [5, 5.41) is 8.75. The Kier molecular flexibility index (Phi) is 9.76. The molecule has 1 aromatic heterocycles. The molecule has 1 heterocycles. The molecular weight excluding hydrogens is 176 g/mol. The standard InChI is InChI=1S/C8H18O.C4H4O/c1-3-5-6-8(4-2)7-9;1-2-4-5-3-1/h8-9H,3-7H2,1-2H3;1-4H. The van der Waals surface area contributed by atoms with Gasteiger partial charge in [0.2, 0.25) is 0 Å². The van der Waals surface area contributed by atoms with Gasteiger partial charge in [0, 0.05) is 6.61 Å². The van der Waals surface area contributed by atoms with Gasteiger partial charge in [-0.25, -0.2) is 0 Å². The molecule has 0 fully saturated rings. The third kappa shape index (κ3) is 7.87. The summed E-state index contributed by atoms with van der Waals surface area (Å²) in [6, 6.07) is 3.67. The highest BCUT2D eigenvalue weighted by Gasteiger charge is 2.01. The summed E-state index contributed by atoms with van der Waals surface area (Å²) >= 11 is 0. The summed E-state index contributed by atoms with van der Waals surface area (Å²) < 4.78 is 4.58. The summed E-state index contributed by atoms with van der Waals surface area (Å²) in [5.74, 6) is 0.560. The Morgan fingerprint density at radius 1 is 1.21 bits per heavy atom. The van der Waals surface area contributed by atoms with Crippen molar-refractivity contribution in [3.05, 3.63) is 24.7 Å². The van der Waals surface area contributed by atoms with E-state index >= 15 is 0 Å². The van der Waals surface area contributed by atoms with Crippen LogP contribution in [0.1, 0.15) is 39.5 Å². The van der Waals surface area contributed by atoms with Crippen LogP contribution in [0.3, 0.4) is 0 Å². The van der Waals surface area contributed by atoms with Crippen molar-refractivity contribution in [1.82, 2.24) is 0 Å². The van der Waals surface area contributed by atoms with E-state index in [1.807, 2.05) is 12.1 Å². The van der Waals surface area contributed by atoms with Gasteiger partial charge < -0.3 is 9.52 Å². The van der Waals surface area contributed by atoms with Crippen LogP contribution in [0.15, 0.2) is 29.1 Å². The Morgan fingerprint density at radius 3 is 2.14 bits per heavy atom. The summed E-state index contributed by atoms with van der Waals surface area (Å²) in [4.78, 5) is 0. The lowest BCUT2D eigenvalue weighted by atomic mass is 10.0. The van der Waals surface area contributed by atoms with E-state index in [4.69, 9.17) is 5.11 Å². The van der Waals surface area contributed by atoms with Gasteiger partial charge in [-0.15, -0.1) is 0 Å². The quantitative estimate of drug-likeness (QED) is 0.785. The largest absolute Gasteiger partial charge is 0.473 e. The molecule has 0 aliphatic rings. The SMILES string of the molecule is CCCCC(CC)CO.c1ccoc1. The maximum absolute atomic E-state index is 8.75. The van der Waals surface area contributed by atoms with E-state index in [0.29, 0.717) is 12.5 Å². The van der Waals surface area contributed by atoms with Crippen LogP contribution in [-0.4, -0.2) is 11.7 Å². The highest BCUT2D eigenvalue weighted by atomic mass is 16.3. The van der Waals surface area contributed by atoms with Crippen molar-refractivity contribution in [1.29, 1.82) is 0 Å². The van der Waals surface area contributed by atoms with E-state index < -0.39 is 0 Å². The van der Waals surface area contributed by atoms with Crippen LogP contribution in [0, 0.1) is 5.92 Å². The van der Waals surface area contributed by atoms with Crippen molar-refractivity contribution < 1.29 is 9.52 Å². The number of hydrogen-bond donors (Lipinski definition) is 1. The lowest BCUT2D eigenvalue weighted by Crippen LogP contribution is -2.03. The highest BCUT2D eigenvalue weighted by Crippen LogP contribution is 2.10.